The smallest absolute Gasteiger partial charge is 0.410 e. The molecule has 1 amide bonds. The summed E-state index contributed by atoms with van der Waals surface area (Å²) in [7, 11) is 0. The van der Waals surface area contributed by atoms with Crippen LogP contribution in [0.1, 0.15) is 45.1 Å². The molecule has 2 heterocycles. The molecule has 0 saturated carbocycles. The highest BCUT2D eigenvalue weighted by Gasteiger charge is 2.28. The summed E-state index contributed by atoms with van der Waals surface area (Å²) in [5.41, 5.74) is 1.18. The Balaban J connectivity index is 1.71. The standard InChI is InChI=1S/C18H22BrFN2O2/c1-18(2,3)24-17(23)22-8-6-11(7-9-22)13-10-21-16-12(13)4-5-14(19)15(16)20/h4-5,10-11,21H,6-9H2,1-3H3. The van der Waals surface area contributed by atoms with E-state index in [1.54, 1.807) is 11.0 Å². The monoisotopic (exact) mass is 396 g/mol. The molecule has 1 aromatic heterocycles. The fourth-order valence-corrected chi connectivity index (χ4v) is 3.53. The van der Waals surface area contributed by atoms with Crippen molar-refractivity contribution in [3.8, 4) is 0 Å². The number of carbonyl (C=O) groups is 1. The van der Waals surface area contributed by atoms with Crippen LogP contribution in [0, 0.1) is 5.82 Å². The Morgan fingerprint density at radius 3 is 2.62 bits per heavy atom. The van der Waals surface area contributed by atoms with E-state index in [0.717, 1.165) is 23.8 Å². The lowest BCUT2D eigenvalue weighted by Gasteiger charge is -2.33. The first-order valence-electron chi connectivity index (χ1n) is 8.19. The SMILES string of the molecule is CC(C)(C)OC(=O)N1CCC(c2c[nH]c3c(F)c(Br)ccc23)CC1. The first kappa shape index (κ1) is 17.3. The molecule has 24 heavy (non-hydrogen) atoms. The lowest BCUT2D eigenvalue weighted by Crippen LogP contribution is -2.41. The molecule has 6 heteroatoms. The maximum Gasteiger partial charge on any atom is 0.410 e. The Morgan fingerprint density at radius 2 is 2.00 bits per heavy atom. The van der Waals surface area contributed by atoms with E-state index < -0.39 is 5.60 Å². The van der Waals surface area contributed by atoms with E-state index in [9.17, 15) is 9.18 Å². The molecule has 3 rings (SSSR count). The van der Waals surface area contributed by atoms with Gasteiger partial charge in [0.05, 0.1) is 9.99 Å². The van der Waals surface area contributed by atoms with Crippen LogP contribution in [0.4, 0.5) is 9.18 Å². The molecule has 0 atom stereocenters. The van der Waals surface area contributed by atoms with Gasteiger partial charge in [0.1, 0.15) is 5.60 Å². The molecule has 2 aromatic rings. The normalized spacial score (nSPS) is 16.6. The second-order valence-corrected chi connectivity index (χ2v) is 8.12. The highest BCUT2D eigenvalue weighted by atomic mass is 79.9. The summed E-state index contributed by atoms with van der Waals surface area (Å²) >= 11 is 3.22. The Bertz CT molecular complexity index is 758. The van der Waals surface area contributed by atoms with Gasteiger partial charge in [0.15, 0.2) is 5.82 Å². The van der Waals surface area contributed by atoms with Crippen molar-refractivity contribution in [3.05, 3.63) is 34.2 Å². The zero-order valence-electron chi connectivity index (χ0n) is 14.2. The molecule has 130 valence electrons. The number of benzene rings is 1. The van der Waals surface area contributed by atoms with Crippen LogP contribution in [0.25, 0.3) is 10.9 Å². The van der Waals surface area contributed by atoms with E-state index in [1.165, 1.54) is 0 Å². The van der Waals surface area contributed by atoms with Gasteiger partial charge in [-0.2, -0.15) is 0 Å². The summed E-state index contributed by atoms with van der Waals surface area (Å²) in [6.45, 7) is 6.93. The molecule has 0 aliphatic carbocycles. The zero-order valence-corrected chi connectivity index (χ0v) is 15.7. The Kier molecular flexibility index (Phi) is 4.60. The summed E-state index contributed by atoms with van der Waals surface area (Å²) in [6, 6.07) is 3.68. The van der Waals surface area contributed by atoms with E-state index in [-0.39, 0.29) is 11.9 Å². The van der Waals surface area contributed by atoms with Gasteiger partial charge in [-0.1, -0.05) is 6.07 Å². The van der Waals surface area contributed by atoms with Crippen LogP contribution < -0.4 is 0 Å². The Morgan fingerprint density at radius 1 is 1.33 bits per heavy atom. The largest absolute Gasteiger partial charge is 0.444 e. The average Bonchev–Trinajstić information content (AvgIpc) is 2.94. The van der Waals surface area contributed by atoms with E-state index in [0.29, 0.717) is 29.0 Å². The van der Waals surface area contributed by atoms with Crippen molar-refractivity contribution < 1.29 is 13.9 Å². The maximum absolute atomic E-state index is 14.2. The van der Waals surface area contributed by atoms with Gasteiger partial charge in [0.25, 0.3) is 0 Å². The fraction of sp³-hybridized carbons (Fsp3) is 0.500. The van der Waals surface area contributed by atoms with Crippen LogP contribution in [0.15, 0.2) is 22.8 Å². The number of likely N-dealkylation sites (tertiary alicyclic amines) is 1. The lowest BCUT2D eigenvalue weighted by molar-refractivity contribution is 0.0205. The zero-order chi connectivity index (χ0) is 17.5. The molecule has 1 aliphatic heterocycles. The third-order valence-corrected chi connectivity index (χ3v) is 4.98. The van der Waals surface area contributed by atoms with Crippen molar-refractivity contribution in [2.75, 3.05) is 13.1 Å². The number of carbonyl (C=O) groups excluding carboxylic acids is 1. The Labute approximate surface area is 149 Å². The first-order valence-corrected chi connectivity index (χ1v) is 8.98. The van der Waals surface area contributed by atoms with Crippen molar-refractivity contribution >= 4 is 32.9 Å². The van der Waals surface area contributed by atoms with Gasteiger partial charge in [-0.05, 0) is 67.1 Å². The molecule has 1 aliphatic rings. The van der Waals surface area contributed by atoms with Crippen LogP contribution in [-0.4, -0.2) is 34.7 Å². The number of aromatic nitrogens is 1. The van der Waals surface area contributed by atoms with Crippen molar-refractivity contribution in [1.29, 1.82) is 0 Å². The number of amides is 1. The highest BCUT2D eigenvalue weighted by molar-refractivity contribution is 9.10. The number of nitrogens with one attached hydrogen (secondary N) is 1. The predicted octanol–water partition coefficient (Wildman–Crippen LogP) is 5.18. The second kappa shape index (κ2) is 6.39. The third-order valence-electron chi connectivity index (χ3n) is 4.36. The molecule has 1 N–H and O–H groups in total. The maximum atomic E-state index is 14.2. The fourth-order valence-electron chi connectivity index (χ4n) is 3.20. The van der Waals surface area contributed by atoms with Gasteiger partial charge < -0.3 is 14.6 Å². The van der Waals surface area contributed by atoms with Gasteiger partial charge in [0.2, 0.25) is 0 Å². The van der Waals surface area contributed by atoms with Gasteiger partial charge >= 0.3 is 6.09 Å². The summed E-state index contributed by atoms with van der Waals surface area (Å²) < 4.78 is 20.0. The molecule has 0 unspecified atom stereocenters. The minimum atomic E-state index is -0.477. The number of fused-ring (bicyclic) bond motifs is 1. The molecule has 1 fully saturated rings. The highest BCUT2D eigenvalue weighted by Crippen LogP contribution is 2.35. The number of ether oxygens (including phenoxy) is 1. The van der Waals surface area contributed by atoms with Crippen molar-refractivity contribution in [2.24, 2.45) is 0 Å². The number of nitrogens with zero attached hydrogens (tertiary/aromatic N) is 1. The quantitative estimate of drug-likeness (QED) is 0.721. The minimum Gasteiger partial charge on any atom is -0.444 e. The second-order valence-electron chi connectivity index (χ2n) is 7.27. The Hall–Kier alpha value is -1.56. The summed E-state index contributed by atoms with van der Waals surface area (Å²) in [6.07, 6.45) is 3.34. The molecular weight excluding hydrogens is 375 g/mol. The summed E-state index contributed by atoms with van der Waals surface area (Å²) in [4.78, 5) is 17.0. The van der Waals surface area contributed by atoms with E-state index in [4.69, 9.17) is 4.74 Å². The molecule has 1 saturated heterocycles. The van der Waals surface area contributed by atoms with Crippen LogP contribution in [0.3, 0.4) is 0 Å². The molecule has 1 aromatic carbocycles. The molecule has 0 spiro atoms. The minimum absolute atomic E-state index is 0.255. The number of hydrogen-bond acceptors (Lipinski definition) is 2. The van der Waals surface area contributed by atoms with E-state index in [1.807, 2.05) is 33.0 Å². The predicted molar refractivity (Wildman–Crippen MR) is 95.7 cm³/mol. The molecule has 0 bridgehead atoms. The summed E-state index contributed by atoms with van der Waals surface area (Å²) in [5, 5.41) is 0.923. The third kappa shape index (κ3) is 3.43. The molecular formula is C18H22BrFN2O2. The van der Waals surface area contributed by atoms with Gasteiger partial charge in [-0.3, -0.25) is 0 Å². The topological polar surface area (TPSA) is 45.3 Å². The van der Waals surface area contributed by atoms with Crippen molar-refractivity contribution in [3.63, 3.8) is 0 Å². The van der Waals surface area contributed by atoms with Gasteiger partial charge in [0, 0.05) is 24.7 Å². The lowest BCUT2D eigenvalue weighted by atomic mass is 9.89. The van der Waals surface area contributed by atoms with Crippen LogP contribution >= 0.6 is 15.9 Å². The number of piperidine rings is 1. The number of rotatable bonds is 1. The van der Waals surface area contributed by atoms with Gasteiger partial charge in [-0.15, -0.1) is 0 Å². The molecule has 0 radical (unpaired) electrons. The number of aromatic amines is 1. The van der Waals surface area contributed by atoms with Crippen LogP contribution in [-0.2, 0) is 4.74 Å². The van der Waals surface area contributed by atoms with Crippen LogP contribution in [0.5, 0.6) is 0 Å². The van der Waals surface area contributed by atoms with Crippen LogP contribution in [0.2, 0.25) is 0 Å². The first-order chi connectivity index (χ1) is 11.3. The summed E-state index contributed by atoms with van der Waals surface area (Å²) in [5.74, 6) is 0.0583. The molecule has 4 nitrogen and oxygen atoms in total. The number of hydrogen-bond donors (Lipinski definition) is 1. The van der Waals surface area contributed by atoms with Crippen molar-refractivity contribution in [1.82, 2.24) is 9.88 Å². The number of H-pyrrole nitrogens is 1. The van der Waals surface area contributed by atoms with Gasteiger partial charge in [-0.25, -0.2) is 9.18 Å². The van der Waals surface area contributed by atoms with Crippen molar-refractivity contribution in [2.45, 2.75) is 45.1 Å². The van der Waals surface area contributed by atoms with E-state index >= 15 is 0 Å². The number of halogens is 2. The average molecular weight is 397 g/mol. The van der Waals surface area contributed by atoms with E-state index in [2.05, 4.69) is 20.9 Å².